The third-order valence-corrected chi connectivity index (χ3v) is 5.74. The maximum absolute atomic E-state index is 12.3. The average molecular weight is 368 g/mol. The molecule has 0 radical (unpaired) electrons. The summed E-state index contributed by atoms with van der Waals surface area (Å²) in [5.74, 6) is 2.06. The van der Waals surface area contributed by atoms with Gasteiger partial charge in [0.15, 0.2) is 0 Å². The van der Waals surface area contributed by atoms with E-state index in [0.717, 1.165) is 62.4 Å². The monoisotopic (exact) mass is 368 g/mol. The van der Waals surface area contributed by atoms with Crippen LogP contribution in [0.5, 0.6) is 5.75 Å². The number of rotatable bonds is 5. The fourth-order valence-corrected chi connectivity index (χ4v) is 4.29. The molecule has 4 rings (SSSR count). The van der Waals surface area contributed by atoms with Crippen LogP contribution in [0.25, 0.3) is 0 Å². The van der Waals surface area contributed by atoms with Crippen LogP contribution < -0.4 is 10.1 Å². The van der Waals surface area contributed by atoms with Crippen molar-refractivity contribution in [2.75, 3.05) is 13.1 Å². The van der Waals surface area contributed by atoms with Crippen LogP contribution in [-0.2, 0) is 11.3 Å². The molecule has 0 bridgehead atoms. The number of piperidine rings is 1. The molecule has 2 aliphatic heterocycles. The molecule has 0 saturated carbocycles. The van der Waals surface area contributed by atoms with Crippen LogP contribution in [0, 0.1) is 0 Å². The van der Waals surface area contributed by atoms with E-state index >= 15 is 0 Å². The number of benzene rings is 1. The normalized spacial score (nSPS) is 21.4. The van der Waals surface area contributed by atoms with Crippen LogP contribution in [0.1, 0.15) is 56.4 Å². The molecular weight excluding hydrogens is 340 g/mol. The number of amides is 1. The highest BCUT2D eigenvalue weighted by Crippen LogP contribution is 2.44. The van der Waals surface area contributed by atoms with E-state index in [4.69, 9.17) is 9.15 Å². The minimum atomic E-state index is -0.196. The number of para-hydroxylation sites is 1. The molecule has 5 nitrogen and oxygen atoms in total. The highest BCUT2D eigenvalue weighted by atomic mass is 16.5. The molecule has 1 N–H and O–H groups in total. The molecule has 1 amide bonds. The first-order chi connectivity index (χ1) is 13.2. The van der Waals surface area contributed by atoms with Crippen molar-refractivity contribution < 1.29 is 13.9 Å². The topological polar surface area (TPSA) is 54.7 Å². The lowest BCUT2D eigenvalue weighted by molar-refractivity contribution is -0.122. The Bertz CT molecular complexity index is 764. The SMILES string of the molecule is CCCC(=O)N[C@@H]1CC2(CCN(Cc3ccco3)CC2)Oc2ccccc21. The maximum atomic E-state index is 12.3. The molecule has 1 atom stereocenters. The van der Waals surface area contributed by atoms with E-state index < -0.39 is 0 Å². The molecule has 1 fully saturated rings. The number of hydrogen-bond donors (Lipinski definition) is 1. The first-order valence-electron chi connectivity index (χ1n) is 9.99. The molecule has 144 valence electrons. The van der Waals surface area contributed by atoms with Gasteiger partial charge in [0.2, 0.25) is 5.91 Å². The van der Waals surface area contributed by atoms with Gasteiger partial charge in [0, 0.05) is 31.5 Å². The maximum Gasteiger partial charge on any atom is 0.220 e. The Morgan fingerprint density at radius 2 is 2.04 bits per heavy atom. The summed E-state index contributed by atoms with van der Waals surface area (Å²) in [5.41, 5.74) is 0.906. The number of nitrogens with zero attached hydrogens (tertiary/aromatic N) is 1. The smallest absolute Gasteiger partial charge is 0.220 e. The fraction of sp³-hybridized carbons (Fsp3) is 0.500. The summed E-state index contributed by atoms with van der Waals surface area (Å²) in [6, 6.07) is 12.1. The van der Waals surface area contributed by atoms with Crippen LogP contribution in [0.4, 0.5) is 0 Å². The average Bonchev–Trinajstić information content (AvgIpc) is 3.17. The Morgan fingerprint density at radius 1 is 1.22 bits per heavy atom. The van der Waals surface area contributed by atoms with Crippen molar-refractivity contribution in [1.29, 1.82) is 0 Å². The van der Waals surface area contributed by atoms with Gasteiger partial charge in [0.25, 0.3) is 0 Å². The molecule has 0 aliphatic carbocycles. The fourth-order valence-electron chi connectivity index (χ4n) is 4.29. The van der Waals surface area contributed by atoms with Crippen molar-refractivity contribution in [1.82, 2.24) is 10.2 Å². The first-order valence-corrected chi connectivity index (χ1v) is 9.99. The largest absolute Gasteiger partial charge is 0.487 e. The number of hydrogen-bond acceptors (Lipinski definition) is 4. The zero-order valence-corrected chi connectivity index (χ0v) is 15.9. The van der Waals surface area contributed by atoms with Gasteiger partial charge in [-0.25, -0.2) is 0 Å². The molecule has 0 unspecified atom stereocenters. The number of fused-ring (bicyclic) bond motifs is 1. The molecule has 1 saturated heterocycles. The first kappa shape index (κ1) is 18.1. The van der Waals surface area contributed by atoms with E-state index in [0.29, 0.717) is 6.42 Å². The minimum absolute atomic E-state index is 0.0330. The summed E-state index contributed by atoms with van der Waals surface area (Å²) in [4.78, 5) is 14.7. The third-order valence-electron chi connectivity index (χ3n) is 5.74. The van der Waals surface area contributed by atoms with Crippen molar-refractivity contribution in [2.45, 2.75) is 57.2 Å². The molecule has 1 aromatic carbocycles. The number of furan rings is 1. The third kappa shape index (κ3) is 4.03. The van der Waals surface area contributed by atoms with Crippen LogP contribution in [0.2, 0.25) is 0 Å². The van der Waals surface area contributed by atoms with Gasteiger partial charge in [0.05, 0.1) is 18.8 Å². The summed E-state index contributed by atoms with van der Waals surface area (Å²) in [5, 5.41) is 3.25. The summed E-state index contributed by atoms with van der Waals surface area (Å²) < 4.78 is 12.0. The van der Waals surface area contributed by atoms with Gasteiger partial charge in [-0.2, -0.15) is 0 Å². The predicted molar refractivity (Wildman–Crippen MR) is 103 cm³/mol. The predicted octanol–water partition coefficient (Wildman–Crippen LogP) is 4.05. The highest BCUT2D eigenvalue weighted by molar-refractivity contribution is 5.76. The Labute approximate surface area is 160 Å². The van der Waals surface area contributed by atoms with E-state index in [1.807, 2.05) is 37.3 Å². The second kappa shape index (κ2) is 7.77. The van der Waals surface area contributed by atoms with E-state index in [1.165, 1.54) is 0 Å². The lowest BCUT2D eigenvalue weighted by atomic mass is 9.80. The molecular formula is C22H28N2O3. The van der Waals surface area contributed by atoms with Gasteiger partial charge in [-0.3, -0.25) is 9.69 Å². The van der Waals surface area contributed by atoms with Crippen LogP contribution in [0.3, 0.4) is 0 Å². The zero-order valence-electron chi connectivity index (χ0n) is 15.9. The molecule has 1 aromatic heterocycles. The lowest BCUT2D eigenvalue weighted by Gasteiger charge is -2.47. The van der Waals surface area contributed by atoms with Crippen LogP contribution in [-0.4, -0.2) is 29.5 Å². The Balaban J connectivity index is 1.46. The van der Waals surface area contributed by atoms with Crippen LogP contribution in [0.15, 0.2) is 47.1 Å². The van der Waals surface area contributed by atoms with Crippen molar-refractivity contribution in [3.8, 4) is 5.75 Å². The number of carbonyl (C=O) groups is 1. The van der Waals surface area contributed by atoms with Gasteiger partial charge in [-0.1, -0.05) is 25.1 Å². The summed E-state index contributed by atoms with van der Waals surface area (Å²) in [7, 11) is 0. The number of likely N-dealkylation sites (tertiary alicyclic amines) is 1. The molecule has 1 spiro atoms. The Hall–Kier alpha value is -2.27. The van der Waals surface area contributed by atoms with E-state index in [-0.39, 0.29) is 17.6 Å². The number of nitrogens with one attached hydrogen (secondary N) is 1. The quantitative estimate of drug-likeness (QED) is 0.865. The van der Waals surface area contributed by atoms with Gasteiger partial charge in [-0.05, 0) is 37.5 Å². The van der Waals surface area contributed by atoms with Gasteiger partial charge >= 0.3 is 0 Å². The molecule has 3 heterocycles. The van der Waals surface area contributed by atoms with Crippen molar-refractivity contribution in [3.63, 3.8) is 0 Å². The highest BCUT2D eigenvalue weighted by Gasteiger charge is 2.43. The van der Waals surface area contributed by atoms with Crippen molar-refractivity contribution in [2.24, 2.45) is 0 Å². The number of carbonyl (C=O) groups excluding carboxylic acids is 1. The standard InChI is InChI=1S/C22H28N2O3/c1-2-6-21(25)23-19-15-22(27-20-9-4-3-8-18(19)20)10-12-24(13-11-22)16-17-7-5-14-26-17/h3-5,7-9,14,19H,2,6,10-13,15-16H2,1H3,(H,23,25)/t19-/m1/s1. The number of ether oxygens (including phenoxy) is 1. The van der Waals surface area contributed by atoms with Gasteiger partial charge in [-0.15, -0.1) is 0 Å². The lowest BCUT2D eigenvalue weighted by Crippen LogP contribution is -2.52. The van der Waals surface area contributed by atoms with Gasteiger partial charge in [0.1, 0.15) is 17.1 Å². The molecule has 2 aromatic rings. The second-order valence-corrected chi connectivity index (χ2v) is 7.75. The summed E-state index contributed by atoms with van der Waals surface area (Å²) in [6.45, 7) is 4.82. The summed E-state index contributed by atoms with van der Waals surface area (Å²) >= 11 is 0. The Kier molecular flexibility index (Phi) is 5.21. The minimum Gasteiger partial charge on any atom is -0.487 e. The van der Waals surface area contributed by atoms with Crippen molar-refractivity contribution in [3.05, 3.63) is 54.0 Å². The Morgan fingerprint density at radius 3 is 2.78 bits per heavy atom. The molecule has 5 heteroatoms. The van der Waals surface area contributed by atoms with E-state index in [2.05, 4.69) is 16.3 Å². The summed E-state index contributed by atoms with van der Waals surface area (Å²) in [6.07, 6.45) is 5.93. The van der Waals surface area contributed by atoms with E-state index in [9.17, 15) is 4.79 Å². The zero-order chi connectivity index (χ0) is 18.7. The van der Waals surface area contributed by atoms with Crippen molar-refractivity contribution >= 4 is 5.91 Å². The molecule has 27 heavy (non-hydrogen) atoms. The van der Waals surface area contributed by atoms with Crippen LogP contribution >= 0.6 is 0 Å². The van der Waals surface area contributed by atoms with Gasteiger partial charge < -0.3 is 14.5 Å². The molecule has 2 aliphatic rings. The second-order valence-electron chi connectivity index (χ2n) is 7.75. The van der Waals surface area contributed by atoms with E-state index in [1.54, 1.807) is 6.26 Å².